The molecule has 0 aliphatic rings. The van der Waals surface area contributed by atoms with Crippen LogP contribution < -0.4 is 14.4 Å². The Labute approximate surface area is 173 Å². The van der Waals surface area contributed by atoms with Gasteiger partial charge in [-0.05, 0) is 75.6 Å². The van der Waals surface area contributed by atoms with Gasteiger partial charge in [0.15, 0.2) is 0 Å². The monoisotopic (exact) mass is 418 g/mol. The fraction of sp³-hybridized carbons (Fsp3) is 0.409. The van der Waals surface area contributed by atoms with Crippen LogP contribution in [-0.4, -0.2) is 33.2 Å². The number of hydrogen-bond acceptors (Lipinski definition) is 4. The summed E-state index contributed by atoms with van der Waals surface area (Å²) in [4.78, 5) is 12.6. The first-order valence-corrected chi connectivity index (χ1v) is 11.4. The van der Waals surface area contributed by atoms with E-state index in [4.69, 9.17) is 4.74 Å². The normalized spacial score (nSPS) is 12.5. The molecule has 0 spiro atoms. The molecule has 0 bridgehead atoms. The summed E-state index contributed by atoms with van der Waals surface area (Å²) in [6.45, 7) is 9.47. The van der Waals surface area contributed by atoms with E-state index in [1.54, 1.807) is 24.3 Å². The van der Waals surface area contributed by atoms with Crippen LogP contribution in [0.3, 0.4) is 0 Å². The highest BCUT2D eigenvalue weighted by Crippen LogP contribution is 2.22. The van der Waals surface area contributed by atoms with E-state index in [9.17, 15) is 13.2 Å². The molecule has 2 aromatic carbocycles. The number of carbonyl (C=O) groups is 1. The second kappa shape index (κ2) is 9.31. The number of hydrogen-bond donors (Lipinski definition) is 1. The summed E-state index contributed by atoms with van der Waals surface area (Å²) in [6, 6.07) is 12.4. The minimum absolute atomic E-state index is 0.0181. The van der Waals surface area contributed by atoms with E-state index in [1.165, 1.54) is 5.56 Å². The van der Waals surface area contributed by atoms with Crippen molar-refractivity contribution in [2.75, 3.05) is 17.1 Å². The second-order valence-electron chi connectivity index (χ2n) is 7.56. The maximum atomic E-state index is 12.6. The first-order valence-electron chi connectivity index (χ1n) is 9.58. The summed E-state index contributed by atoms with van der Waals surface area (Å²) < 4.78 is 31.2. The third-order valence-electron chi connectivity index (χ3n) is 4.59. The van der Waals surface area contributed by atoms with Crippen LogP contribution in [0.2, 0.25) is 0 Å². The molecule has 0 aromatic heterocycles. The Morgan fingerprint density at radius 3 is 2.17 bits per heavy atom. The van der Waals surface area contributed by atoms with Gasteiger partial charge in [0, 0.05) is 0 Å². The molecule has 2 aromatic rings. The van der Waals surface area contributed by atoms with Gasteiger partial charge in [-0.25, -0.2) is 8.42 Å². The fourth-order valence-corrected chi connectivity index (χ4v) is 3.75. The van der Waals surface area contributed by atoms with E-state index in [0.717, 1.165) is 21.7 Å². The number of nitrogens with zero attached hydrogens (tertiary/aromatic N) is 1. The van der Waals surface area contributed by atoms with Gasteiger partial charge in [0.25, 0.3) is 0 Å². The van der Waals surface area contributed by atoms with Gasteiger partial charge >= 0.3 is 0 Å². The molecule has 0 heterocycles. The number of anilines is 1. The van der Waals surface area contributed by atoms with Gasteiger partial charge in [0.2, 0.25) is 15.9 Å². The van der Waals surface area contributed by atoms with Gasteiger partial charge in [0.1, 0.15) is 12.3 Å². The highest BCUT2D eigenvalue weighted by molar-refractivity contribution is 7.92. The van der Waals surface area contributed by atoms with E-state index in [-0.39, 0.29) is 24.6 Å². The smallest absolute Gasteiger partial charge is 0.241 e. The highest BCUT2D eigenvalue weighted by atomic mass is 32.2. The van der Waals surface area contributed by atoms with Crippen molar-refractivity contribution < 1.29 is 17.9 Å². The van der Waals surface area contributed by atoms with Gasteiger partial charge in [-0.1, -0.05) is 18.2 Å². The van der Waals surface area contributed by atoms with Crippen LogP contribution in [-0.2, 0) is 14.8 Å². The number of benzene rings is 2. The minimum atomic E-state index is -3.63. The number of nitrogens with one attached hydrogen (secondary N) is 1. The van der Waals surface area contributed by atoms with E-state index in [1.807, 2.05) is 52.8 Å². The molecule has 1 atom stereocenters. The molecule has 0 aliphatic carbocycles. The third-order valence-corrected chi connectivity index (χ3v) is 5.73. The van der Waals surface area contributed by atoms with Crippen LogP contribution in [0.5, 0.6) is 5.75 Å². The average Bonchev–Trinajstić information content (AvgIpc) is 2.61. The topological polar surface area (TPSA) is 75.7 Å². The van der Waals surface area contributed by atoms with Crippen LogP contribution in [0.25, 0.3) is 0 Å². The molecule has 2 rings (SSSR count). The number of aryl methyl sites for hydroxylation is 2. The summed E-state index contributed by atoms with van der Waals surface area (Å²) in [6.07, 6.45) is 1.11. The van der Waals surface area contributed by atoms with Crippen molar-refractivity contribution in [3.63, 3.8) is 0 Å². The Morgan fingerprint density at radius 2 is 1.66 bits per heavy atom. The first kappa shape index (κ1) is 22.7. The Kier molecular flexibility index (Phi) is 7.30. The van der Waals surface area contributed by atoms with E-state index < -0.39 is 10.0 Å². The number of sulfonamides is 1. The second-order valence-corrected chi connectivity index (χ2v) is 9.47. The molecule has 0 saturated carbocycles. The van der Waals surface area contributed by atoms with Crippen LogP contribution in [0.4, 0.5) is 5.69 Å². The maximum Gasteiger partial charge on any atom is 0.241 e. The van der Waals surface area contributed by atoms with E-state index in [2.05, 4.69) is 5.32 Å². The molecule has 0 unspecified atom stereocenters. The standard InChI is InChI=1S/C22H30N2O4S/c1-15(2)28-21-11-9-20(10-12-21)24(29(6,26)27)14-22(25)23-18(5)19-8-7-16(3)17(4)13-19/h7-13,15,18H,14H2,1-6H3,(H,23,25)/t18-/m0/s1. The van der Waals surface area contributed by atoms with Gasteiger partial charge < -0.3 is 10.1 Å². The zero-order chi connectivity index (χ0) is 21.8. The lowest BCUT2D eigenvalue weighted by molar-refractivity contribution is -0.120. The molecular formula is C22H30N2O4S. The summed E-state index contributed by atoms with van der Waals surface area (Å²) in [5.74, 6) is 0.272. The Balaban J connectivity index is 2.13. The number of rotatable bonds is 8. The molecule has 0 fully saturated rings. The lowest BCUT2D eigenvalue weighted by Crippen LogP contribution is -2.41. The summed E-state index contributed by atoms with van der Waals surface area (Å²) in [5, 5.41) is 2.88. The quantitative estimate of drug-likeness (QED) is 0.709. The fourth-order valence-electron chi connectivity index (χ4n) is 2.90. The molecule has 1 amide bonds. The van der Waals surface area contributed by atoms with Crippen molar-refractivity contribution in [2.24, 2.45) is 0 Å². The van der Waals surface area contributed by atoms with Gasteiger partial charge in [-0.2, -0.15) is 0 Å². The number of carbonyl (C=O) groups excluding carboxylic acids is 1. The van der Waals surface area contributed by atoms with Crippen LogP contribution in [0.1, 0.15) is 43.5 Å². The van der Waals surface area contributed by atoms with Crippen molar-refractivity contribution in [1.82, 2.24) is 5.32 Å². The lowest BCUT2D eigenvalue weighted by atomic mass is 10.0. The first-order chi connectivity index (χ1) is 13.5. The van der Waals surface area contributed by atoms with Crippen molar-refractivity contribution in [3.05, 3.63) is 59.2 Å². The van der Waals surface area contributed by atoms with Gasteiger partial charge in [-0.3, -0.25) is 9.10 Å². The van der Waals surface area contributed by atoms with Crippen molar-refractivity contribution in [1.29, 1.82) is 0 Å². The molecule has 1 N–H and O–H groups in total. The predicted octanol–water partition coefficient (Wildman–Crippen LogP) is 3.73. The molecule has 0 radical (unpaired) electrons. The van der Waals surface area contributed by atoms with E-state index >= 15 is 0 Å². The Hall–Kier alpha value is -2.54. The van der Waals surface area contributed by atoms with Gasteiger partial charge in [-0.15, -0.1) is 0 Å². The largest absolute Gasteiger partial charge is 0.491 e. The van der Waals surface area contributed by atoms with Crippen molar-refractivity contribution in [3.8, 4) is 5.75 Å². The average molecular weight is 419 g/mol. The van der Waals surface area contributed by atoms with Crippen molar-refractivity contribution in [2.45, 2.75) is 46.8 Å². The Morgan fingerprint density at radius 1 is 1.03 bits per heavy atom. The van der Waals surface area contributed by atoms with Crippen LogP contribution in [0.15, 0.2) is 42.5 Å². The summed E-state index contributed by atoms with van der Waals surface area (Å²) in [5.41, 5.74) is 3.71. The third kappa shape index (κ3) is 6.49. The zero-order valence-electron chi connectivity index (χ0n) is 17.9. The van der Waals surface area contributed by atoms with E-state index in [0.29, 0.717) is 11.4 Å². The lowest BCUT2D eigenvalue weighted by Gasteiger charge is -2.24. The van der Waals surface area contributed by atoms with Crippen LogP contribution >= 0.6 is 0 Å². The highest BCUT2D eigenvalue weighted by Gasteiger charge is 2.22. The minimum Gasteiger partial charge on any atom is -0.491 e. The van der Waals surface area contributed by atoms with Crippen LogP contribution in [0, 0.1) is 13.8 Å². The molecule has 29 heavy (non-hydrogen) atoms. The summed E-state index contributed by atoms with van der Waals surface area (Å²) >= 11 is 0. The maximum absolute atomic E-state index is 12.6. The Bertz CT molecular complexity index is 953. The zero-order valence-corrected chi connectivity index (χ0v) is 18.7. The molecule has 0 saturated heterocycles. The van der Waals surface area contributed by atoms with Crippen molar-refractivity contribution >= 4 is 21.6 Å². The molecule has 7 heteroatoms. The van der Waals surface area contributed by atoms with Gasteiger partial charge in [0.05, 0.1) is 24.1 Å². The number of ether oxygens (including phenoxy) is 1. The summed E-state index contributed by atoms with van der Waals surface area (Å²) in [7, 11) is -3.63. The molecule has 6 nitrogen and oxygen atoms in total. The molecule has 0 aliphatic heterocycles. The predicted molar refractivity (Wildman–Crippen MR) is 117 cm³/mol. The number of amides is 1. The molecular weight excluding hydrogens is 388 g/mol. The SMILES string of the molecule is Cc1ccc([C@H](C)NC(=O)CN(c2ccc(OC(C)C)cc2)S(C)(=O)=O)cc1C. The molecule has 158 valence electrons.